The van der Waals surface area contributed by atoms with Gasteiger partial charge in [0, 0.05) is 51.4 Å². The average Bonchev–Trinajstić information content (AvgIpc) is 3.60. The van der Waals surface area contributed by atoms with Crippen LogP contribution in [0.1, 0.15) is 43.3 Å². The van der Waals surface area contributed by atoms with Crippen LogP contribution in [0.3, 0.4) is 0 Å². The average molecular weight is 660 g/mol. The molecule has 5 rings (SSSR count). The van der Waals surface area contributed by atoms with Gasteiger partial charge in [0.2, 0.25) is 0 Å². The minimum atomic E-state index is -3.75. The summed E-state index contributed by atoms with van der Waals surface area (Å²) in [6, 6.07) is 7.85. The SMILES string of the molecule is Cc1c(Cl)cccc1Cc1c(CO[Si-](C)(C)C(C)(C)C)nc2c(-c3cn(S(=O)(=O)N(C)C)cn3)cc(N3CCOCC3)nn12. The molecule has 0 aliphatic carbocycles. The third-order valence-corrected chi connectivity index (χ3v) is 15.3. The maximum atomic E-state index is 12.9. The van der Waals surface area contributed by atoms with Crippen LogP contribution in [0.15, 0.2) is 36.8 Å². The van der Waals surface area contributed by atoms with Gasteiger partial charge in [-0.3, -0.25) is 0 Å². The first-order valence-corrected chi connectivity index (χ1v) is 19.4. The lowest BCUT2D eigenvalue weighted by Gasteiger charge is -2.48. The van der Waals surface area contributed by atoms with Crippen LogP contribution in [0.2, 0.25) is 23.2 Å². The lowest BCUT2D eigenvalue weighted by Crippen LogP contribution is -2.40. The van der Waals surface area contributed by atoms with E-state index in [0.717, 1.165) is 36.6 Å². The molecule has 0 saturated carbocycles. The molecule has 0 unspecified atom stereocenters. The summed E-state index contributed by atoms with van der Waals surface area (Å²) >= 11 is 6.54. The highest BCUT2D eigenvalue weighted by Crippen LogP contribution is 2.38. The van der Waals surface area contributed by atoms with Crippen LogP contribution in [0.4, 0.5) is 5.82 Å². The van der Waals surface area contributed by atoms with Gasteiger partial charge in [0.25, 0.3) is 0 Å². The number of imidazole rings is 2. The van der Waals surface area contributed by atoms with Gasteiger partial charge in [-0.25, -0.2) is 18.5 Å². The highest BCUT2D eigenvalue weighted by molar-refractivity contribution is 7.87. The number of hydrogen-bond acceptors (Lipinski definition) is 8. The van der Waals surface area contributed by atoms with E-state index >= 15 is 0 Å². The summed E-state index contributed by atoms with van der Waals surface area (Å²) in [6.07, 6.45) is 3.37. The maximum Gasteiger partial charge on any atom is 0.308 e. The minimum absolute atomic E-state index is 0.0214. The van der Waals surface area contributed by atoms with E-state index in [0.29, 0.717) is 61.3 Å². The summed E-state index contributed by atoms with van der Waals surface area (Å²) < 4.78 is 42.3. The summed E-state index contributed by atoms with van der Waals surface area (Å²) in [4.78, 5) is 11.8. The van der Waals surface area contributed by atoms with E-state index in [9.17, 15) is 8.42 Å². The Bertz CT molecular complexity index is 1770. The number of aromatic nitrogens is 5. The topological polar surface area (TPSA) is 107 Å². The van der Waals surface area contributed by atoms with Crippen molar-refractivity contribution >= 4 is 41.6 Å². The molecule has 0 N–H and O–H groups in total. The van der Waals surface area contributed by atoms with Gasteiger partial charge >= 0.3 is 10.2 Å². The van der Waals surface area contributed by atoms with Crippen LogP contribution in [-0.2, 0) is 32.4 Å². The Morgan fingerprint density at radius 2 is 1.86 bits per heavy atom. The second-order valence-electron chi connectivity index (χ2n) is 12.9. The van der Waals surface area contributed by atoms with Gasteiger partial charge in [-0.2, -0.15) is 12.7 Å². The molecule has 1 fully saturated rings. The number of ether oxygens (including phenoxy) is 1. The predicted octanol–water partition coefficient (Wildman–Crippen LogP) is 5.16. The van der Waals surface area contributed by atoms with Crippen molar-refractivity contribution in [2.24, 2.45) is 0 Å². The van der Waals surface area contributed by atoms with Gasteiger partial charge in [-0.05, 0) is 38.5 Å². The van der Waals surface area contributed by atoms with E-state index in [2.05, 4.69) is 49.8 Å². The molecule has 239 valence electrons. The van der Waals surface area contributed by atoms with E-state index in [1.807, 2.05) is 29.6 Å². The lowest BCUT2D eigenvalue weighted by molar-refractivity contribution is 0.122. The Balaban J connectivity index is 1.73. The fourth-order valence-electron chi connectivity index (χ4n) is 4.77. The van der Waals surface area contributed by atoms with Crippen molar-refractivity contribution in [3.63, 3.8) is 0 Å². The highest BCUT2D eigenvalue weighted by Gasteiger charge is 2.28. The van der Waals surface area contributed by atoms with Crippen molar-refractivity contribution in [1.29, 1.82) is 0 Å². The molecule has 0 radical (unpaired) electrons. The normalized spacial score (nSPS) is 15.1. The van der Waals surface area contributed by atoms with Gasteiger partial charge < -0.3 is 14.1 Å². The Kier molecular flexibility index (Phi) is 9.02. The van der Waals surface area contributed by atoms with Gasteiger partial charge in [0.15, 0.2) is 11.5 Å². The Hall–Kier alpha value is -2.81. The molecule has 1 aliphatic rings. The van der Waals surface area contributed by atoms with Gasteiger partial charge in [0.05, 0.1) is 35.9 Å². The molecule has 1 aromatic carbocycles. The number of hydrogen-bond donors (Lipinski definition) is 0. The summed E-state index contributed by atoms with van der Waals surface area (Å²) in [6.45, 7) is 16.0. The fraction of sp³-hybridized carbons (Fsp3) is 0.500. The van der Waals surface area contributed by atoms with E-state index < -0.39 is 18.5 Å². The molecule has 4 aromatic rings. The second-order valence-corrected chi connectivity index (χ2v) is 20.1. The minimum Gasteiger partial charge on any atom is -0.560 e. The molecule has 0 bridgehead atoms. The van der Waals surface area contributed by atoms with Crippen LogP contribution >= 0.6 is 11.6 Å². The van der Waals surface area contributed by atoms with E-state index in [4.69, 9.17) is 30.8 Å². The first kappa shape index (κ1) is 32.6. The molecule has 11 nitrogen and oxygen atoms in total. The number of anilines is 1. The first-order valence-electron chi connectivity index (χ1n) is 14.7. The standard InChI is InChI=1S/C30H42ClN7O4SSi/c1-21-22(10-9-11-24(21)31)16-27-26(19-42-44(7,8)30(2,3)4)33-29-23(25-18-37(20-32-25)43(39,40)35(5)6)17-28(34-38(27)29)36-12-14-41-15-13-36/h9-11,17-18,20H,12-16,19H2,1-8H3/q-1. The number of nitrogens with zero attached hydrogens (tertiary/aromatic N) is 7. The zero-order chi connectivity index (χ0) is 32.0. The van der Waals surface area contributed by atoms with Crippen LogP contribution < -0.4 is 4.90 Å². The largest absolute Gasteiger partial charge is 0.560 e. The van der Waals surface area contributed by atoms with E-state index in [1.54, 1.807) is 0 Å². The van der Waals surface area contributed by atoms with Crippen molar-refractivity contribution in [2.75, 3.05) is 45.3 Å². The van der Waals surface area contributed by atoms with Gasteiger partial charge in [-0.1, -0.05) is 44.5 Å². The number of fused-ring (bicyclic) bond motifs is 1. The van der Waals surface area contributed by atoms with Crippen LogP contribution in [-0.4, -0.2) is 85.0 Å². The molecule has 0 atom stereocenters. The summed E-state index contributed by atoms with van der Waals surface area (Å²) in [7, 11) is -2.89. The van der Waals surface area contributed by atoms with Crippen LogP contribution in [0.5, 0.6) is 0 Å². The molecule has 14 heteroatoms. The zero-order valence-corrected chi connectivity index (χ0v) is 29.3. The second kappa shape index (κ2) is 12.2. The number of benzene rings is 1. The van der Waals surface area contributed by atoms with Crippen LogP contribution in [0, 0.1) is 6.92 Å². The summed E-state index contributed by atoms with van der Waals surface area (Å²) in [5.41, 5.74) is 5.47. The molecular formula is C30H42ClN7O4SSi-. The number of rotatable bonds is 9. The Morgan fingerprint density at radius 1 is 1.16 bits per heavy atom. The van der Waals surface area contributed by atoms with Gasteiger partial charge in [-0.15, -0.1) is 23.2 Å². The van der Waals surface area contributed by atoms with E-state index in [1.165, 1.54) is 26.6 Å². The molecule has 44 heavy (non-hydrogen) atoms. The zero-order valence-electron chi connectivity index (χ0n) is 26.8. The van der Waals surface area contributed by atoms with Crippen LogP contribution in [0.25, 0.3) is 16.9 Å². The number of halogens is 1. The third-order valence-electron chi connectivity index (χ3n) is 8.76. The van der Waals surface area contributed by atoms with Crippen molar-refractivity contribution < 1.29 is 17.6 Å². The highest BCUT2D eigenvalue weighted by atomic mass is 35.5. The summed E-state index contributed by atoms with van der Waals surface area (Å²) in [5, 5.41) is 5.84. The number of morpholine rings is 1. The quantitative estimate of drug-likeness (QED) is 0.227. The molecule has 3 aromatic heterocycles. The molecule has 0 amide bonds. The molecular weight excluding hydrogens is 618 g/mol. The lowest BCUT2D eigenvalue weighted by atomic mass is 10.0. The van der Waals surface area contributed by atoms with Gasteiger partial charge in [0.1, 0.15) is 6.33 Å². The third kappa shape index (κ3) is 6.31. The van der Waals surface area contributed by atoms with Crippen molar-refractivity contribution in [3.8, 4) is 11.3 Å². The molecule has 0 spiro atoms. The van der Waals surface area contributed by atoms with E-state index in [-0.39, 0.29) is 5.04 Å². The van der Waals surface area contributed by atoms with Crippen molar-refractivity contribution in [2.45, 2.75) is 58.9 Å². The van der Waals surface area contributed by atoms with Crippen molar-refractivity contribution in [3.05, 3.63) is 64.3 Å². The predicted molar refractivity (Wildman–Crippen MR) is 176 cm³/mol. The Morgan fingerprint density at radius 3 is 2.52 bits per heavy atom. The maximum absolute atomic E-state index is 12.9. The Labute approximate surface area is 266 Å². The molecule has 1 saturated heterocycles. The van der Waals surface area contributed by atoms with Crippen molar-refractivity contribution in [1.82, 2.24) is 27.9 Å². The first-order chi connectivity index (χ1) is 20.6. The molecule has 4 heterocycles. The molecule has 1 aliphatic heterocycles. The smallest absolute Gasteiger partial charge is 0.308 e. The monoisotopic (exact) mass is 659 g/mol. The fourth-order valence-corrected chi connectivity index (χ4v) is 6.68. The summed E-state index contributed by atoms with van der Waals surface area (Å²) in [5.74, 6) is 0.735.